The summed E-state index contributed by atoms with van der Waals surface area (Å²) in [6, 6.07) is 19.2. The van der Waals surface area contributed by atoms with Crippen LogP contribution in [0.5, 0.6) is 0 Å². The molecule has 0 saturated carbocycles. The van der Waals surface area contributed by atoms with E-state index in [9.17, 15) is 0 Å². The van der Waals surface area contributed by atoms with E-state index in [1.54, 1.807) is 0 Å². The Hall–Kier alpha value is -2.94. The standard InChI is InChI=1S/C22H19N3/c1-15-6-2-3-8-18(15)21-22(25-13-5-9-20(25)24-21)17-10-11-19-16(14-17)7-4-12-23-19/h2-4,6-8,10-12,14H,5,9,13H2,1H3. The summed E-state index contributed by atoms with van der Waals surface area (Å²) in [5, 5.41) is 1.17. The molecule has 1 aliphatic rings. The van der Waals surface area contributed by atoms with Crippen molar-refractivity contribution in [3.8, 4) is 22.5 Å². The summed E-state index contributed by atoms with van der Waals surface area (Å²) in [7, 11) is 0. The molecule has 122 valence electrons. The summed E-state index contributed by atoms with van der Waals surface area (Å²) in [5.74, 6) is 1.21. The lowest BCUT2D eigenvalue weighted by molar-refractivity contribution is 0.756. The summed E-state index contributed by atoms with van der Waals surface area (Å²) >= 11 is 0. The fraction of sp³-hybridized carbons (Fsp3) is 0.182. The van der Waals surface area contributed by atoms with Crippen molar-refractivity contribution >= 4 is 10.9 Å². The van der Waals surface area contributed by atoms with Crippen molar-refractivity contribution in [2.24, 2.45) is 0 Å². The van der Waals surface area contributed by atoms with Gasteiger partial charge in [-0.05, 0) is 37.1 Å². The van der Waals surface area contributed by atoms with Crippen LogP contribution in [-0.4, -0.2) is 14.5 Å². The van der Waals surface area contributed by atoms with Gasteiger partial charge in [0.15, 0.2) is 0 Å². The highest BCUT2D eigenvalue weighted by atomic mass is 15.1. The Bertz CT molecular complexity index is 1090. The van der Waals surface area contributed by atoms with Crippen LogP contribution < -0.4 is 0 Å². The lowest BCUT2D eigenvalue weighted by atomic mass is 10.00. The Balaban J connectivity index is 1.78. The van der Waals surface area contributed by atoms with E-state index < -0.39 is 0 Å². The minimum atomic E-state index is 1.03. The molecule has 0 saturated heterocycles. The summed E-state index contributed by atoms with van der Waals surface area (Å²) in [5.41, 5.74) is 7.10. The average Bonchev–Trinajstić information content (AvgIpc) is 3.22. The number of rotatable bonds is 2. The van der Waals surface area contributed by atoms with Crippen LogP contribution in [0.3, 0.4) is 0 Å². The van der Waals surface area contributed by atoms with Crippen LogP contribution >= 0.6 is 0 Å². The number of hydrogen-bond acceptors (Lipinski definition) is 2. The summed E-state index contributed by atoms with van der Waals surface area (Å²) in [6.07, 6.45) is 4.09. The molecule has 25 heavy (non-hydrogen) atoms. The second-order valence-electron chi connectivity index (χ2n) is 6.71. The molecule has 0 N–H and O–H groups in total. The SMILES string of the molecule is Cc1ccccc1-c1nc2n(c1-c1ccc3ncccc3c1)CCC2. The average molecular weight is 325 g/mol. The van der Waals surface area contributed by atoms with Crippen LogP contribution in [-0.2, 0) is 13.0 Å². The number of imidazole rings is 1. The first-order chi connectivity index (χ1) is 12.3. The van der Waals surface area contributed by atoms with E-state index in [4.69, 9.17) is 4.98 Å². The quantitative estimate of drug-likeness (QED) is 0.518. The number of aryl methyl sites for hydroxylation is 2. The van der Waals surface area contributed by atoms with Crippen LogP contribution in [0.4, 0.5) is 0 Å². The van der Waals surface area contributed by atoms with Crippen LogP contribution in [0.2, 0.25) is 0 Å². The molecule has 0 fully saturated rings. The molecule has 0 amide bonds. The molecular weight excluding hydrogens is 306 g/mol. The van der Waals surface area contributed by atoms with Gasteiger partial charge in [-0.1, -0.05) is 36.4 Å². The van der Waals surface area contributed by atoms with Gasteiger partial charge in [0.2, 0.25) is 0 Å². The molecule has 2 aromatic carbocycles. The maximum Gasteiger partial charge on any atom is 0.109 e. The van der Waals surface area contributed by atoms with Crippen molar-refractivity contribution in [2.75, 3.05) is 0 Å². The van der Waals surface area contributed by atoms with E-state index in [0.29, 0.717) is 0 Å². The predicted molar refractivity (Wildman–Crippen MR) is 101 cm³/mol. The molecule has 0 spiro atoms. The van der Waals surface area contributed by atoms with Gasteiger partial charge in [-0.3, -0.25) is 4.98 Å². The number of benzene rings is 2. The van der Waals surface area contributed by atoms with Crippen molar-refractivity contribution in [1.29, 1.82) is 0 Å². The van der Waals surface area contributed by atoms with Crippen molar-refractivity contribution in [3.63, 3.8) is 0 Å². The highest BCUT2D eigenvalue weighted by Gasteiger charge is 2.23. The third-order valence-electron chi connectivity index (χ3n) is 5.11. The van der Waals surface area contributed by atoms with Gasteiger partial charge in [-0.2, -0.15) is 0 Å². The Morgan fingerprint density at radius 1 is 1.00 bits per heavy atom. The monoisotopic (exact) mass is 325 g/mol. The zero-order valence-corrected chi connectivity index (χ0v) is 14.2. The van der Waals surface area contributed by atoms with Crippen LogP contribution in [0, 0.1) is 6.92 Å². The van der Waals surface area contributed by atoms with Crippen LogP contribution in [0.1, 0.15) is 17.8 Å². The van der Waals surface area contributed by atoms with E-state index in [1.807, 2.05) is 12.3 Å². The molecule has 1 aliphatic heterocycles. The lowest BCUT2D eigenvalue weighted by Crippen LogP contribution is -1.97. The van der Waals surface area contributed by atoms with E-state index in [-0.39, 0.29) is 0 Å². The van der Waals surface area contributed by atoms with Crippen LogP contribution in [0.15, 0.2) is 60.8 Å². The second-order valence-corrected chi connectivity index (χ2v) is 6.71. The number of hydrogen-bond donors (Lipinski definition) is 0. The van der Waals surface area contributed by atoms with Gasteiger partial charge in [0.25, 0.3) is 0 Å². The molecule has 2 aromatic heterocycles. The molecule has 3 heterocycles. The Morgan fingerprint density at radius 2 is 1.92 bits per heavy atom. The predicted octanol–water partition coefficient (Wildman–Crippen LogP) is 5.02. The fourth-order valence-corrected chi connectivity index (χ4v) is 3.87. The van der Waals surface area contributed by atoms with Gasteiger partial charge in [0.1, 0.15) is 5.82 Å². The second kappa shape index (κ2) is 5.55. The third-order valence-corrected chi connectivity index (χ3v) is 5.11. The Labute approximate surface area is 147 Å². The van der Waals surface area contributed by atoms with E-state index in [0.717, 1.165) is 24.2 Å². The molecule has 3 nitrogen and oxygen atoms in total. The molecule has 0 radical (unpaired) electrons. The maximum absolute atomic E-state index is 5.03. The van der Waals surface area contributed by atoms with E-state index in [1.165, 1.54) is 40.0 Å². The molecule has 4 aromatic rings. The van der Waals surface area contributed by atoms with Gasteiger partial charge in [-0.15, -0.1) is 0 Å². The highest BCUT2D eigenvalue weighted by molar-refractivity contribution is 5.88. The highest BCUT2D eigenvalue weighted by Crippen LogP contribution is 2.37. The van der Waals surface area contributed by atoms with Gasteiger partial charge < -0.3 is 4.57 Å². The first-order valence-corrected chi connectivity index (χ1v) is 8.82. The number of fused-ring (bicyclic) bond motifs is 2. The Kier molecular flexibility index (Phi) is 3.20. The first-order valence-electron chi connectivity index (χ1n) is 8.82. The smallest absolute Gasteiger partial charge is 0.109 e. The van der Waals surface area contributed by atoms with Gasteiger partial charge >= 0.3 is 0 Å². The zero-order chi connectivity index (χ0) is 16.8. The van der Waals surface area contributed by atoms with Gasteiger partial charge in [0.05, 0.1) is 16.9 Å². The summed E-state index contributed by atoms with van der Waals surface area (Å²) in [4.78, 5) is 9.47. The normalized spacial score (nSPS) is 13.3. The van der Waals surface area contributed by atoms with Crippen molar-refractivity contribution in [1.82, 2.24) is 14.5 Å². The van der Waals surface area contributed by atoms with Gasteiger partial charge in [0, 0.05) is 35.7 Å². The van der Waals surface area contributed by atoms with Crippen molar-refractivity contribution in [3.05, 3.63) is 72.2 Å². The summed E-state index contributed by atoms with van der Waals surface area (Å²) in [6.45, 7) is 3.21. The van der Waals surface area contributed by atoms with Crippen molar-refractivity contribution < 1.29 is 0 Å². The fourth-order valence-electron chi connectivity index (χ4n) is 3.87. The first kappa shape index (κ1) is 14.4. The molecule has 0 unspecified atom stereocenters. The Morgan fingerprint density at radius 3 is 2.84 bits per heavy atom. The minimum absolute atomic E-state index is 1.03. The zero-order valence-electron chi connectivity index (χ0n) is 14.2. The van der Waals surface area contributed by atoms with E-state index in [2.05, 4.69) is 65.0 Å². The maximum atomic E-state index is 5.03. The molecule has 5 rings (SSSR count). The largest absolute Gasteiger partial charge is 0.327 e. The topological polar surface area (TPSA) is 30.7 Å². The minimum Gasteiger partial charge on any atom is -0.327 e. The third kappa shape index (κ3) is 2.27. The molecule has 0 bridgehead atoms. The molecule has 0 atom stereocenters. The number of aromatic nitrogens is 3. The lowest BCUT2D eigenvalue weighted by Gasteiger charge is -2.11. The van der Waals surface area contributed by atoms with Crippen LogP contribution in [0.25, 0.3) is 33.4 Å². The molecule has 0 aliphatic carbocycles. The number of pyridine rings is 1. The van der Waals surface area contributed by atoms with Crippen molar-refractivity contribution in [2.45, 2.75) is 26.3 Å². The molecular formula is C22H19N3. The van der Waals surface area contributed by atoms with Gasteiger partial charge in [-0.25, -0.2) is 4.98 Å². The van der Waals surface area contributed by atoms with E-state index >= 15 is 0 Å². The molecule has 3 heteroatoms. The number of nitrogens with zero attached hydrogens (tertiary/aromatic N) is 3. The summed E-state index contributed by atoms with van der Waals surface area (Å²) < 4.78 is 2.40.